The van der Waals surface area contributed by atoms with Crippen LogP contribution in [0.25, 0.3) is 0 Å². The summed E-state index contributed by atoms with van der Waals surface area (Å²) in [6, 6.07) is 7.94. The summed E-state index contributed by atoms with van der Waals surface area (Å²) in [5, 5.41) is 6.98. The first-order valence-electron chi connectivity index (χ1n) is 11.2. The SMILES string of the molecule is COc1cc(N2CCN(C)CC2)c(C)cc1Nc1ncc(Cl)c(Nc2cccnc2N(C)C)n1. The van der Waals surface area contributed by atoms with Gasteiger partial charge < -0.3 is 30.1 Å². The fourth-order valence-corrected chi connectivity index (χ4v) is 4.08. The average Bonchev–Trinajstić information content (AvgIpc) is 2.82. The number of aryl methyl sites for hydroxylation is 1. The molecular formula is C24H31ClN8O. The molecule has 4 rings (SSSR count). The van der Waals surface area contributed by atoms with Crippen LogP contribution in [0.2, 0.25) is 5.02 Å². The summed E-state index contributed by atoms with van der Waals surface area (Å²) >= 11 is 6.40. The van der Waals surface area contributed by atoms with Crippen molar-refractivity contribution in [2.45, 2.75) is 6.92 Å². The summed E-state index contributed by atoms with van der Waals surface area (Å²) in [5.74, 6) is 2.41. The molecule has 0 aliphatic carbocycles. The van der Waals surface area contributed by atoms with E-state index in [1.165, 1.54) is 5.69 Å². The van der Waals surface area contributed by atoms with E-state index in [9.17, 15) is 0 Å². The molecule has 1 aliphatic heterocycles. The van der Waals surface area contributed by atoms with Crippen LogP contribution in [-0.2, 0) is 0 Å². The number of nitrogens with one attached hydrogen (secondary N) is 2. The first-order chi connectivity index (χ1) is 16.4. The molecular weight excluding hydrogens is 452 g/mol. The number of aromatic nitrogens is 3. The Morgan fingerprint density at radius 3 is 2.53 bits per heavy atom. The minimum Gasteiger partial charge on any atom is -0.494 e. The third kappa shape index (κ3) is 5.26. The number of ether oxygens (including phenoxy) is 1. The Hall–Kier alpha value is -3.30. The van der Waals surface area contributed by atoms with Gasteiger partial charge in [-0.3, -0.25) is 0 Å². The number of methoxy groups -OCH3 is 1. The Morgan fingerprint density at radius 1 is 1.06 bits per heavy atom. The second kappa shape index (κ2) is 10.3. The minimum absolute atomic E-state index is 0.409. The van der Waals surface area contributed by atoms with Crippen LogP contribution in [0.1, 0.15) is 5.56 Å². The summed E-state index contributed by atoms with van der Waals surface area (Å²) in [6.45, 7) is 6.18. The van der Waals surface area contributed by atoms with Gasteiger partial charge >= 0.3 is 0 Å². The lowest BCUT2D eigenvalue weighted by molar-refractivity contribution is 0.312. The van der Waals surface area contributed by atoms with E-state index in [2.05, 4.69) is 61.5 Å². The van der Waals surface area contributed by atoms with Crippen molar-refractivity contribution in [1.29, 1.82) is 0 Å². The van der Waals surface area contributed by atoms with Crippen molar-refractivity contribution in [3.05, 3.63) is 47.2 Å². The number of likely N-dealkylation sites (N-methyl/N-ethyl adjacent to an activating group) is 1. The molecule has 0 atom stereocenters. The zero-order valence-electron chi connectivity index (χ0n) is 20.3. The maximum absolute atomic E-state index is 6.40. The van der Waals surface area contributed by atoms with E-state index in [-0.39, 0.29) is 0 Å². The van der Waals surface area contributed by atoms with Gasteiger partial charge in [-0.2, -0.15) is 4.98 Å². The van der Waals surface area contributed by atoms with Crippen LogP contribution in [-0.4, -0.2) is 74.3 Å². The maximum atomic E-state index is 6.40. The van der Waals surface area contributed by atoms with Gasteiger partial charge in [0.25, 0.3) is 0 Å². The monoisotopic (exact) mass is 482 g/mol. The van der Waals surface area contributed by atoms with Gasteiger partial charge in [-0.1, -0.05) is 11.6 Å². The molecule has 9 nitrogen and oxygen atoms in total. The van der Waals surface area contributed by atoms with Crippen LogP contribution in [0.4, 0.5) is 34.6 Å². The standard InChI is InChI=1S/C24H31ClN8O/c1-16-13-19(21(34-5)14-20(16)33-11-9-32(4)10-12-33)29-24-27-15-17(25)22(30-24)28-18-7-6-8-26-23(18)31(2)3/h6-8,13-15H,9-12H2,1-5H3,(H2,27,28,29,30). The number of halogens is 1. The molecule has 1 aromatic carbocycles. The quantitative estimate of drug-likeness (QED) is 0.516. The summed E-state index contributed by atoms with van der Waals surface area (Å²) in [5.41, 5.74) is 3.93. The highest BCUT2D eigenvalue weighted by molar-refractivity contribution is 6.33. The molecule has 34 heavy (non-hydrogen) atoms. The summed E-state index contributed by atoms with van der Waals surface area (Å²) in [4.78, 5) is 20.1. The number of hydrogen-bond donors (Lipinski definition) is 2. The van der Waals surface area contributed by atoms with Gasteiger partial charge in [0.15, 0.2) is 11.6 Å². The molecule has 0 unspecified atom stereocenters. The minimum atomic E-state index is 0.409. The average molecular weight is 483 g/mol. The molecule has 0 radical (unpaired) electrons. The van der Waals surface area contributed by atoms with Gasteiger partial charge in [0.2, 0.25) is 5.95 Å². The normalized spacial score (nSPS) is 14.1. The number of anilines is 6. The van der Waals surface area contributed by atoms with Gasteiger partial charge in [0, 0.05) is 58.2 Å². The second-order valence-electron chi connectivity index (χ2n) is 8.54. The molecule has 0 spiro atoms. The van der Waals surface area contributed by atoms with E-state index in [4.69, 9.17) is 16.3 Å². The Bertz CT molecular complexity index is 1150. The Morgan fingerprint density at radius 2 is 1.82 bits per heavy atom. The number of hydrogen-bond acceptors (Lipinski definition) is 9. The van der Waals surface area contributed by atoms with Gasteiger partial charge in [0.1, 0.15) is 10.8 Å². The molecule has 3 aromatic rings. The van der Waals surface area contributed by atoms with Gasteiger partial charge in [-0.05, 0) is 37.7 Å². The van der Waals surface area contributed by atoms with Crippen molar-refractivity contribution >= 4 is 46.2 Å². The van der Waals surface area contributed by atoms with E-state index in [1.807, 2.05) is 31.1 Å². The second-order valence-corrected chi connectivity index (χ2v) is 8.95. The molecule has 1 fully saturated rings. The highest BCUT2D eigenvalue weighted by Gasteiger charge is 2.19. The summed E-state index contributed by atoms with van der Waals surface area (Å²) in [6.07, 6.45) is 3.32. The number of pyridine rings is 1. The van der Waals surface area contributed by atoms with Crippen LogP contribution in [0.3, 0.4) is 0 Å². The maximum Gasteiger partial charge on any atom is 0.229 e. The van der Waals surface area contributed by atoms with Crippen LogP contribution < -0.4 is 25.2 Å². The molecule has 1 aliphatic rings. The Kier molecular flexibility index (Phi) is 7.23. The van der Waals surface area contributed by atoms with Crippen LogP contribution in [0.15, 0.2) is 36.7 Å². The zero-order chi connectivity index (χ0) is 24.2. The first-order valence-corrected chi connectivity index (χ1v) is 11.5. The largest absolute Gasteiger partial charge is 0.494 e. The van der Waals surface area contributed by atoms with Crippen molar-refractivity contribution in [2.24, 2.45) is 0 Å². The van der Waals surface area contributed by atoms with Crippen LogP contribution in [0, 0.1) is 6.92 Å². The lowest BCUT2D eigenvalue weighted by Crippen LogP contribution is -2.44. The van der Waals surface area contributed by atoms with Crippen LogP contribution in [0.5, 0.6) is 5.75 Å². The molecule has 2 N–H and O–H groups in total. The molecule has 0 bridgehead atoms. The molecule has 2 aromatic heterocycles. The third-order valence-electron chi connectivity index (χ3n) is 5.82. The lowest BCUT2D eigenvalue weighted by Gasteiger charge is -2.35. The van der Waals surface area contributed by atoms with E-state index >= 15 is 0 Å². The third-order valence-corrected chi connectivity index (χ3v) is 6.09. The van der Waals surface area contributed by atoms with Crippen molar-refractivity contribution in [1.82, 2.24) is 19.9 Å². The highest BCUT2D eigenvalue weighted by Crippen LogP contribution is 2.36. The zero-order valence-corrected chi connectivity index (χ0v) is 21.0. The summed E-state index contributed by atoms with van der Waals surface area (Å²) < 4.78 is 5.71. The van der Waals surface area contributed by atoms with Gasteiger partial charge in [-0.15, -0.1) is 0 Å². The van der Waals surface area contributed by atoms with Crippen LogP contribution >= 0.6 is 11.6 Å². The molecule has 0 saturated carbocycles. The number of rotatable bonds is 7. The number of piperazine rings is 1. The van der Waals surface area contributed by atoms with Gasteiger partial charge in [0.05, 0.1) is 24.7 Å². The van der Waals surface area contributed by atoms with E-state index in [0.29, 0.717) is 16.8 Å². The molecule has 3 heterocycles. The fraction of sp³-hybridized carbons (Fsp3) is 0.375. The molecule has 0 amide bonds. The Labute approximate surface area is 205 Å². The first kappa shape index (κ1) is 23.8. The van der Waals surface area contributed by atoms with Crippen molar-refractivity contribution < 1.29 is 4.74 Å². The number of benzene rings is 1. The number of nitrogens with zero attached hydrogens (tertiary/aromatic N) is 6. The lowest BCUT2D eigenvalue weighted by atomic mass is 10.1. The topological polar surface area (TPSA) is 81.7 Å². The molecule has 1 saturated heterocycles. The van der Waals surface area contributed by atoms with E-state index < -0.39 is 0 Å². The highest BCUT2D eigenvalue weighted by atomic mass is 35.5. The smallest absolute Gasteiger partial charge is 0.229 e. The molecule has 180 valence electrons. The molecule has 10 heteroatoms. The predicted octanol–water partition coefficient (Wildman–Crippen LogP) is 4.15. The summed E-state index contributed by atoms with van der Waals surface area (Å²) in [7, 11) is 7.69. The fourth-order valence-electron chi connectivity index (χ4n) is 3.95. The van der Waals surface area contributed by atoms with E-state index in [0.717, 1.165) is 54.7 Å². The van der Waals surface area contributed by atoms with Crippen molar-refractivity contribution in [2.75, 3.05) is 74.9 Å². The van der Waals surface area contributed by atoms with Crippen molar-refractivity contribution in [3.8, 4) is 5.75 Å². The van der Waals surface area contributed by atoms with Crippen molar-refractivity contribution in [3.63, 3.8) is 0 Å². The predicted molar refractivity (Wildman–Crippen MR) is 140 cm³/mol. The van der Waals surface area contributed by atoms with E-state index in [1.54, 1.807) is 19.5 Å². The van der Waals surface area contributed by atoms with Gasteiger partial charge in [-0.25, -0.2) is 9.97 Å². The Balaban J connectivity index is 1.59.